The van der Waals surface area contributed by atoms with Gasteiger partial charge in [-0.1, -0.05) is 60.7 Å². The van der Waals surface area contributed by atoms with Gasteiger partial charge in [0.1, 0.15) is 24.7 Å². The Labute approximate surface area is 197 Å². The summed E-state index contributed by atoms with van der Waals surface area (Å²) >= 11 is 0. The second kappa shape index (κ2) is 9.58. The zero-order valence-electron chi connectivity index (χ0n) is 20.0. The Kier molecular flexibility index (Phi) is 6.78. The number of benzene rings is 3. The van der Waals surface area contributed by atoms with Gasteiger partial charge in [0, 0.05) is 5.56 Å². The first-order valence-corrected chi connectivity index (χ1v) is 11.6. The highest BCUT2D eigenvalue weighted by Crippen LogP contribution is 2.47. The van der Waals surface area contributed by atoms with E-state index in [4.69, 9.17) is 14.2 Å². The Hall–Kier alpha value is -2.82. The molecule has 1 aliphatic heterocycles. The Bertz CT molecular complexity index is 1060. The van der Waals surface area contributed by atoms with Crippen LogP contribution in [0, 0.1) is 6.92 Å². The molecule has 1 aliphatic rings. The summed E-state index contributed by atoms with van der Waals surface area (Å²) < 4.78 is 19.1. The third-order valence-electron chi connectivity index (χ3n) is 6.51. The summed E-state index contributed by atoms with van der Waals surface area (Å²) in [7, 11) is 0. The predicted octanol–water partition coefficient (Wildman–Crippen LogP) is 6.32. The molecule has 1 heterocycles. The lowest BCUT2D eigenvalue weighted by Crippen LogP contribution is -2.50. The standard InChI is InChI=1S/C29H34O4/c1-21-17-26(32-20-23-13-9-6-10-14-23)24(29(4)16-15-27(30)28(2,3)33-29)18-25(21)31-19-22-11-7-5-8-12-22/h5-14,17-18,27,30H,15-16,19-20H2,1-4H3/t27-,29+/m0/s1. The smallest absolute Gasteiger partial charge is 0.126 e. The molecule has 3 aromatic rings. The van der Waals surface area contributed by atoms with Crippen molar-refractivity contribution in [2.75, 3.05) is 0 Å². The van der Waals surface area contributed by atoms with Crippen LogP contribution in [-0.2, 0) is 23.6 Å². The van der Waals surface area contributed by atoms with E-state index in [1.54, 1.807) is 0 Å². The average Bonchev–Trinajstić information content (AvgIpc) is 2.80. The number of ether oxygens (including phenoxy) is 3. The van der Waals surface area contributed by atoms with E-state index in [-0.39, 0.29) is 0 Å². The molecule has 0 bridgehead atoms. The first-order chi connectivity index (χ1) is 15.8. The molecule has 0 spiro atoms. The van der Waals surface area contributed by atoms with Crippen LogP contribution in [0.3, 0.4) is 0 Å². The van der Waals surface area contributed by atoms with Gasteiger partial charge in [0.05, 0.1) is 17.3 Å². The Morgan fingerprint density at radius 1 is 0.848 bits per heavy atom. The van der Waals surface area contributed by atoms with Crippen LogP contribution in [0.25, 0.3) is 0 Å². The lowest BCUT2D eigenvalue weighted by atomic mass is 9.81. The molecule has 0 aromatic heterocycles. The van der Waals surface area contributed by atoms with E-state index in [0.29, 0.717) is 26.1 Å². The van der Waals surface area contributed by atoms with Gasteiger partial charge in [0.2, 0.25) is 0 Å². The van der Waals surface area contributed by atoms with E-state index in [0.717, 1.165) is 33.8 Å². The summed E-state index contributed by atoms with van der Waals surface area (Å²) in [4.78, 5) is 0. The van der Waals surface area contributed by atoms with Gasteiger partial charge in [0.25, 0.3) is 0 Å². The van der Waals surface area contributed by atoms with Gasteiger partial charge in [-0.15, -0.1) is 0 Å². The third-order valence-corrected chi connectivity index (χ3v) is 6.51. The molecule has 1 N–H and O–H groups in total. The fraction of sp³-hybridized carbons (Fsp3) is 0.379. The van der Waals surface area contributed by atoms with Gasteiger partial charge in [-0.05, 0) is 69.4 Å². The summed E-state index contributed by atoms with van der Waals surface area (Å²) in [5, 5.41) is 10.5. The summed E-state index contributed by atoms with van der Waals surface area (Å²) in [6.45, 7) is 8.98. The fourth-order valence-corrected chi connectivity index (χ4v) is 4.47. The number of rotatable bonds is 7. The molecule has 1 saturated heterocycles. The number of hydrogen-bond acceptors (Lipinski definition) is 4. The minimum Gasteiger partial charge on any atom is -0.489 e. The molecule has 33 heavy (non-hydrogen) atoms. The van der Waals surface area contributed by atoms with Crippen LogP contribution in [-0.4, -0.2) is 16.8 Å². The van der Waals surface area contributed by atoms with Crippen molar-refractivity contribution in [2.45, 2.75) is 71.1 Å². The molecule has 1 fully saturated rings. The lowest BCUT2D eigenvalue weighted by Gasteiger charge is -2.47. The van der Waals surface area contributed by atoms with Crippen LogP contribution in [0.5, 0.6) is 11.5 Å². The van der Waals surface area contributed by atoms with Gasteiger partial charge in [-0.25, -0.2) is 0 Å². The number of hydrogen-bond donors (Lipinski definition) is 1. The molecule has 0 amide bonds. The maximum Gasteiger partial charge on any atom is 0.126 e. The van der Waals surface area contributed by atoms with Gasteiger partial charge in [-0.2, -0.15) is 0 Å². The Balaban J connectivity index is 1.66. The van der Waals surface area contributed by atoms with E-state index in [1.807, 2.05) is 63.2 Å². The van der Waals surface area contributed by atoms with Gasteiger partial charge < -0.3 is 19.3 Å². The molecule has 3 aromatic carbocycles. The summed E-state index contributed by atoms with van der Waals surface area (Å²) in [6.07, 6.45) is 0.856. The number of aliphatic hydroxyl groups excluding tert-OH is 1. The highest BCUT2D eigenvalue weighted by molar-refractivity contribution is 5.49. The molecule has 0 radical (unpaired) electrons. The summed E-state index contributed by atoms with van der Waals surface area (Å²) in [5.41, 5.74) is 2.93. The molecule has 4 nitrogen and oxygen atoms in total. The van der Waals surface area contributed by atoms with Crippen molar-refractivity contribution in [1.29, 1.82) is 0 Å². The SMILES string of the molecule is Cc1cc(OCc2ccccc2)c([C@@]2(C)CC[C@H](O)C(C)(C)O2)cc1OCc1ccccc1. The maximum absolute atomic E-state index is 10.5. The second-order valence-corrected chi connectivity index (χ2v) is 9.65. The number of aryl methyl sites for hydroxylation is 1. The highest BCUT2D eigenvalue weighted by Gasteiger charge is 2.45. The van der Waals surface area contributed by atoms with Crippen LogP contribution in [0.2, 0.25) is 0 Å². The van der Waals surface area contributed by atoms with Gasteiger partial charge >= 0.3 is 0 Å². The lowest BCUT2D eigenvalue weighted by molar-refractivity contribution is -0.219. The maximum atomic E-state index is 10.5. The molecule has 0 saturated carbocycles. The van der Waals surface area contributed by atoms with Crippen molar-refractivity contribution >= 4 is 0 Å². The molecule has 4 rings (SSSR count). The molecule has 2 atom stereocenters. The van der Waals surface area contributed by atoms with Crippen LogP contribution in [0.4, 0.5) is 0 Å². The monoisotopic (exact) mass is 446 g/mol. The Morgan fingerprint density at radius 2 is 1.39 bits per heavy atom. The normalized spacial score (nSPS) is 22.0. The van der Waals surface area contributed by atoms with Crippen molar-refractivity contribution in [3.63, 3.8) is 0 Å². The van der Waals surface area contributed by atoms with Crippen molar-refractivity contribution in [3.8, 4) is 11.5 Å². The molecule has 0 unspecified atom stereocenters. The van der Waals surface area contributed by atoms with Crippen molar-refractivity contribution in [1.82, 2.24) is 0 Å². The molecular weight excluding hydrogens is 412 g/mol. The van der Waals surface area contributed by atoms with E-state index < -0.39 is 17.3 Å². The molecule has 4 heteroatoms. The second-order valence-electron chi connectivity index (χ2n) is 9.65. The van der Waals surface area contributed by atoms with Crippen LogP contribution in [0.1, 0.15) is 55.9 Å². The van der Waals surface area contributed by atoms with Crippen molar-refractivity contribution in [3.05, 3.63) is 95.1 Å². The summed E-state index contributed by atoms with van der Waals surface area (Å²) in [6, 6.07) is 24.4. The molecule has 174 valence electrons. The van der Waals surface area contributed by atoms with Crippen LogP contribution < -0.4 is 9.47 Å². The fourth-order valence-electron chi connectivity index (χ4n) is 4.47. The quantitative estimate of drug-likeness (QED) is 0.461. The first kappa shape index (κ1) is 23.3. The highest BCUT2D eigenvalue weighted by atomic mass is 16.5. The third kappa shape index (κ3) is 5.40. The minimum absolute atomic E-state index is 0.472. The van der Waals surface area contributed by atoms with Crippen molar-refractivity contribution in [2.24, 2.45) is 0 Å². The predicted molar refractivity (Wildman–Crippen MR) is 130 cm³/mol. The van der Waals surface area contributed by atoms with E-state index in [9.17, 15) is 5.11 Å². The van der Waals surface area contributed by atoms with E-state index >= 15 is 0 Å². The number of aliphatic hydroxyl groups is 1. The minimum atomic E-state index is -0.653. The molecular formula is C29H34O4. The topological polar surface area (TPSA) is 47.9 Å². The van der Waals surface area contributed by atoms with Crippen LogP contribution in [0.15, 0.2) is 72.8 Å². The zero-order valence-corrected chi connectivity index (χ0v) is 20.0. The van der Waals surface area contributed by atoms with Crippen molar-refractivity contribution < 1.29 is 19.3 Å². The largest absolute Gasteiger partial charge is 0.489 e. The van der Waals surface area contributed by atoms with E-state index in [1.165, 1.54) is 0 Å². The average molecular weight is 447 g/mol. The first-order valence-electron chi connectivity index (χ1n) is 11.6. The van der Waals surface area contributed by atoms with Gasteiger partial charge in [-0.3, -0.25) is 0 Å². The molecule has 0 aliphatic carbocycles. The van der Waals surface area contributed by atoms with Crippen LogP contribution >= 0.6 is 0 Å². The van der Waals surface area contributed by atoms with E-state index in [2.05, 4.69) is 37.3 Å². The summed E-state index contributed by atoms with van der Waals surface area (Å²) in [5.74, 6) is 1.60. The Morgan fingerprint density at radius 3 is 1.94 bits per heavy atom. The van der Waals surface area contributed by atoms with Gasteiger partial charge in [0.15, 0.2) is 0 Å². The zero-order chi connectivity index (χ0) is 23.5.